The van der Waals surface area contributed by atoms with E-state index >= 15 is 0 Å². The molecule has 0 saturated carbocycles. The van der Waals surface area contributed by atoms with Crippen LogP contribution in [0.1, 0.15) is 43.2 Å². The highest BCUT2D eigenvalue weighted by atomic mass is 16.5. The fraction of sp³-hybridized carbons (Fsp3) is 0.545. The van der Waals surface area contributed by atoms with Gasteiger partial charge in [-0.05, 0) is 18.9 Å². The van der Waals surface area contributed by atoms with E-state index in [1.54, 1.807) is 0 Å². The van der Waals surface area contributed by atoms with E-state index in [1.165, 1.54) is 0 Å². The van der Waals surface area contributed by atoms with Gasteiger partial charge in [0.1, 0.15) is 11.6 Å². The zero-order chi connectivity index (χ0) is 20.1. The summed E-state index contributed by atoms with van der Waals surface area (Å²) in [5.41, 5.74) is 2.13. The quantitative estimate of drug-likeness (QED) is 0.693. The number of aromatic nitrogens is 2. The highest BCUT2D eigenvalue weighted by Gasteiger charge is 2.31. The van der Waals surface area contributed by atoms with Crippen molar-refractivity contribution in [1.82, 2.24) is 14.7 Å². The molecule has 2 aliphatic rings. The summed E-state index contributed by atoms with van der Waals surface area (Å²) in [6, 6.07) is 8.08. The van der Waals surface area contributed by atoms with Crippen LogP contribution >= 0.6 is 0 Å². The molecule has 1 N–H and O–H groups in total. The third kappa shape index (κ3) is 4.62. The molecule has 2 aliphatic heterocycles. The molecule has 4 rings (SSSR count). The molecule has 1 aromatic carbocycles. The average Bonchev–Trinajstić information content (AvgIpc) is 3.15. The summed E-state index contributed by atoms with van der Waals surface area (Å²) in [6.07, 6.45) is 4.25. The summed E-state index contributed by atoms with van der Waals surface area (Å²) >= 11 is 0. The van der Waals surface area contributed by atoms with E-state index in [0.29, 0.717) is 13.0 Å². The van der Waals surface area contributed by atoms with Crippen LogP contribution in [-0.2, 0) is 16.1 Å². The van der Waals surface area contributed by atoms with E-state index in [0.717, 1.165) is 74.9 Å². The van der Waals surface area contributed by atoms with Gasteiger partial charge in [0, 0.05) is 49.6 Å². The number of hydrogen-bond donors (Lipinski definition) is 1. The van der Waals surface area contributed by atoms with Crippen LogP contribution in [0.2, 0.25) is 0 Å². The molecule has 7 heteroatoms. The van der Waals surface area contributed by atoms with Crippen molar-refractivity contribution in [3.05, 3.63) is 41.6 Å². The van der Waals surface area contributed by atoms with Gasteiger partial charge in [-0.15, -0.1) is 0 Å². The lowest BCUT2D eigenvalue weighted by atomic mass is 9.87. The number of amides is 1. The van der Waals surface area contributed by atoms with Gasteiger partial charge in [0.2, 0.25) is 5.91 Å². The van der Waals surface area contributed by atoms with Crippen molar-refractivity contribution in [2.75, 3.05) is 44.8 Å². The number of nitrogens with one attached hydrogen (secondary N) is 1. The number of rotatable bonds is 8. The van der Waals surface area contributed by atoms with Crippen molar-refractivity contribution in [2.45, 2.75) is 38.6 Å². The maximum atomic E-state index is 12.4. The Morgan fingerprint density at radius 1 is 1.21 bits per heavy atom. The lowest BCUT2D eigenvalue weighted by Gasteiger charge is -2.27. The van der Waals surface area contributed by atoms with Crippen LogP contribution in [0.3, 0.4) is 0 Å². The summed E-state index contributed by atoms with van der Waals surface area (Å²) in [4.78, 5) is 14.8. The summed E-state index contributed by atoms with van der Waals surface area (Å²) in [5, 5.41) is 7.51. The predicted molar refractivity (Wildman–Crippen MR) is 111 cm³/mol. The largest absolute Gasteiger partial charge is 0.493 e. The SMILES string of the molecule is CCCn1ncc2c1NC(=O)CC2c1ccccc1OCCCN1CCOCC1. The Morgan fingerprint density at radius 3 is 2.86 bits per heavy atom. The van der Waals surface area contributed by atoms with E-state index in [4.69, 9.17) is 9.47 Å². The van der Waals surface area contributed by atoms with Gasteiger partial charge in [-0.25, -0.2) is 4.68 Å². The minimum atomic E-state index is -0.0280. The number of fused-ring (bicyclic) bond motifs is 1. The molecule has 1 unspecified atom stereocenters. The van der Waals surface area contributed by atoms with Gasteiger partial charge < -0.3 is 14.8 Å². The van der Waals surface area contributed by atoms with Gasteiger partial charge in [0.25, 0.3) is 0 Å². The van der Waals surface area contributed by atoms with Crippen molar-refractivity contribution < 1.29 is 14.3 Å². The maximum absolute atomic E-state index is 12.4. The van der Waals surface area contributed by atoms with Crippen molar-refractivity contribution in [1.29, 1.82) is 0 Å². The summed E-state index contributed by atoms with van der Waals surface area (Å²) in [5.74, 6) is 1.70. The second-order valence-corrected chi connectivity index (χ2v) is 7.67. The lowest BCUT2D eigenvalue weighted by molar-refractivity contribution is -0.116. The fourth-order valence-corrected chi connectivity index (χ4v) is 4.12. The predicted octanol–water partition coefficient (Wildman–Crippen LogP) is 2.87. The number of ether oxygens (including phenoxy) is 2. The van der Waals surface area contributed by atoms with E-state index in [2.05, 4.69) is 28.3 Å². The molecule has 156 valence electrons. The number of carbonyl (C=O) groups excluding carboxylic acids is 1. The first-order valence-electron chi connectivity index (χ1n) is 10.6. The van der Waals surface area contributed by atoms with E-state index < -0.39 is 0 Å². The number of morpholine rings is 1. The van der Waals surface area contributed by atoms with Crippen molar-refractivity contribution >= 4 is 11.7 Å². The minimum Gasteiger partial charge on any atom is -0.493 e. The topological polar surface area (TPSA) is 68.6 Å². The lowest BCUT2D eigenvalue weighted by Crippen LogP contribution is -2.37. The van der Waals surface area contributed by atoms with Crippen LogP contribution in [-0.4, -0.2) is 60.0 Å². The van der Waals surface area contributed by atoms with Crippen LogP contribution in [0, 0.1) is 0 Å². The smallest absolute Gasteiger partial charge is 0.226 e. The zero-order valence-electron chi connectivity index (χ0n) is 17.1. The molecule has 1 saturated heterocycles. The van der Waals surface area contributed by atoms with Crippen LogP contribution in [0.5, 0.6) is 5.75 Å². The Balaban J connectivity index is 1.46. The highest BCUT2D eigenvalue weighted by Crippen LogP contribution is 2.40. The van der Waals surface area contributed by atoms with Crippen molar-refractivity contribution in [3.8, 4) is 5.75 Å². The third-order valence-electron chi connectivity index (χ3n) is 5.60. The monoisotopic (exact) mass is 398 g/mol. The van der Waals surface area contributed by atoms with Crippen LogP contribution in [0.25, 0.3) is 0 Å². The van der Waals surface area contributed by atoms with Crippen LogP contribution in [0.4, 0.5) is 5.82 Å². The van der Waals surface area contributed by atoms with Gasteiger partial charge in [0.05, 0.1) is 26.0 Å². The van der Waals surface area contributed by atoms with Gasteiger partial charge in [-0.2, -0.15) is 5.10 Å². The molecule has 1 amide bonds. The Labute approximate surface area is 172 Å². The van der Waals surface area contributed by atoms with Gasteiger partial charge >= 0.3 is 0 Å². The molecule has 2 aromatic rings. The summed E-state index contributed by atoms with van der Waals surface area (Å²) in [6.45, 7) is 8.22. The first-order valence-corrected chi connectivity index (χ1v) is 10.6. The highest BCUT2D eigenvalue weighted by molar-refractivity contribution is 5.94. The number of carbonyl (C=O) groups is 1. The molecule has 29 heavy (non-hydrogen) atoms. The Kier molecular flexibility index (Phi) is 6.46. The van der Waals surface area contributed by atoms with Gasteiger partial charge in [0.15, 0.2) is 0 Å². The zero-order valence-corrected chi connectivity index (χ0v) is 17.1. The molecule has 7 nitrogen and oxygen atoms in total. The maximum Gasteiger partial charge on any atom is 0.226 e. The van der Waals surface area contributed by atoms with E-state index in [-0.39, 0.29) is 11.8 Å². The second-order valence-electron chi connectivity index (χ2n) is 7.67. The van der Waals surface area contributed by atoms with Crippen molar-refractivity contribution in [2.24, 2.45) is 0 Å². The Bertz CT molecular complexity index is 829. The number of nitrogens with zero attached hydrogens (tertiary/aromatic N) is 3. The average molecular weight is 399 g/mol. The number of benzene rings is 1. The van der Waals surface area contributed by atoms with Crippen LogP contribution in [0.15, 0.2) is 30.5 Å². The van der Waals surface area contributed by atoms with Gasteiger partial charge in [-0.3, -0.25) is 9.69 Å². The number of anilines is 1. The molecule has 0 radical (unpaired) electrons. The molecular weight excluding hydrogens is 368 g/mol. The van der Waals surface area contributed by atoms with Crippen LogP contribution < -0.4 is 10.1 Å². The Hall–Kier alpha value is -2.38. The van der Waals surface area contributed by atoms with Gasteiger partial charge in [-0.1, -0.05) is 25.1 Å². The Morgan fingerprint density at radius 2 is 2.03 bits per heavy atom. The molecule has 0 aliphatic carbocycles. The van der Waals surface area contributed by atoms with Crippen molar-refractivity contribution in [3.63, 3.8) is 0 Å². The minimum absolute atomic E-state index is 0.0280. The standard InChI is InChI=1S/C22H30N4O3/c1-2-8-26-22-19(16-23-26)18(15-21(27)24-22)17-6-3-4-7-20(17)29-12-5-9-25-10-13-28-14-11-25/h3-4,6-7,16,18H,2,5,8-15H2,1H3,(H,24,27). The summed E-state index contributed by atoms with van der Waals surface area (Å²) in [7, 11) is 0. The molecule has 1 aromatic heterocycles. The molecule has 3 heterocycles. The fourth-order valence-electron chi connectivity index (χ4n) is 4.12. The molecule has 1 fully saturated rings. The van der Waals surface area contributed by atoms with E-state index in [9.17, 15) is 4.79 Å². The van der Waals surface area contributed by atoms with E-state index in [1.807, 2.05) is 29.1 Å². The third-order valence-corrected chi connectivity index (χ3v) is 5.60. The number of para-hydroxylation sites is 1. The molecule has 0 spiro atoms. The molecular formula is C22H30N4O3. The number of hydrogen-bond acceptors (Lipinski definition) is 5. The first-order chi connectivity index (χ1) is 14.3. The second kappa shape index (κ2) is 9.41. The number of aryl methyl sites for hydroxylation is 1. The normalized spacial score (nSPS) is 19.6. The molecule has 1 atom stereocenters. The first kappa shape index (κ1) is 19.9. The molecule has 0 bridgehead atoms. The summed E-state index contributed by atoms with van der Waals surface area (Å²) < 4.78 is 13.5.